The molecule has 0 aromatic carbocycles. The van der Waals surface area contributed by atoms with E-state index in [1.165, 1.54) is 0 Å². The van der Waals surface area contributed by atoms with Crippen LogP contribution in [0.1, 0.15) is 26.7 Å². The van der Waals surface area contributed by atoms with E-state index in [1.807, 2.05) is 0 Å². The van der Waals surface area contributed by atoms with E-state index in [9.17, 15) is 5.11 Å². The summed E-state index contributed by atoms with van der Waals surface area (Å²) in [4.78, 5) is 0.478. The Bertz CT molecular complexity index is 248. The second-order valence-electron chi connectivity index (χ2n) is 4.99. The van der Waals surface area contributed by atoms with Crippen molar-refractivity contribution in [3.63, 3.8) is 0 Å². The van der Waals surface area contributed by atoms with E-state index in [0.29, 0.717) is 19.8 Å². The predicted molar refractivity (Wildman–Crippen MR) is 59.3 cm³/mol. The van der Waals surface area contributed by atoms with Crippen molar-refractivity contribution in [1.82, 2.24) is 0 Å². The maximum absolute atomic E-state index is 9.54. The molecule has 3 nitrogen and oxygen atoms in total. The zero-order chi connectivity index (χ0) is 11.1. The summed E-state index contributed by atoms with van der Waals surface area (Å²) in [6.45, 7) is 5.37. The molecule has 4 atom stereocenters. The molecule has 0 spiro atoms. The van der Waals surface area contributed by atoms with E-state index in [1.54, 1.807) is 7.11 Å². The molecule has 2 aliphatic rings. The number of methoxy groups -OCH3 is 1. The van der Waals surface area contributed by atoms with Crippen molar-refractivity contribution in [3.05, 3.63) is 0 Å². The molecule has 2 aliphatic heterocycles. The van der Waals surface area contributed by atoms with Crippen LogP contribution in [-0.4, -0.2) is 52.1 Å². The fourth-order valence-electron chi connectivity index (χ4n) is 2.55. The van der Waals surface area contributed by atoms with Gasteiger partial charge in [0, 0.05) is 0 Å². The quantitative estimate of drug-likeness (QED) is 0.790. The average molecular weight is 279 g/mol. The van der Waals surface area contributed by atoms with Crippen molar-refractivity contribution in [2.24, 2.45) is 0 Å². The molecule has 0 saturated carbocycles. The van der Waals surface area contributed by atoms with E-state index in [0.717, 1.165) is 19.4 Å². The van der Waals surface area contributed by atoms with E-state index in [2.05, 4.69) is 13.8 Å². The summed E-state index contributed by atoms with van der Waals surface area (Å²) in [7, 11) is 1.75. The summed E-state index contributed by atoms with van der Waals surface area (Å²) < 4.78 is 11.4. The molecule has 0 unspecified atom stereocenters. The molecule has 2 saturated heterocycles. The van der Waals surface area contributed by atoms with Gasteiger partial charge in [-0.3, -0.25) is 0 Å². The SMILES string of the molecule is COC[C@@H]1[Se][C@@](C)(CO)[C@H]2CC[C@]1(C)O2. The van der Waals surface area contributed by atoms with Gasteiger partial charge >= 0.3 is 97.4 Å². The number of fused-ring (bicyclic) bond motifs is 2. The zero-order valence-electron chi connectivity index (χ0n) is 9.66. The second kappa shape index (κ2) is 4.01. The zero-order valence-corrected chi connectivity index (χ0v) is 11.4. The number of aliphatic hydroxyl groups is 1. The van der Waals surface area contributed by atoms with Gasteiger partial charge in [0.15, 0.2) is 0 Å². The Morgan fingerprint density at radius 1 is 1.53 bits per heavy atom. The topological polar surface area (TPSA) is 38.7 Å². The van der Waals surface area contributed by atoms with E-state index < -0.39 is 0 Å². The first-order chi connectivity index (χ1) is 7.04. The molecule has 15 heavy (non-hydrogen) atoms. The van der Waals surface area contributed by atoms with Crippen LogP contribution in [0.25, 0.3) is 0 Å². The fraction of sp³-hybridized carbons (Fsp3) is 1.00. The van der Waals surface area contributed by atoms with E-state index >= 15 is 0 Å². The van der Waals surface area contributed by atoms with Gasteiger partial charge in [0.05, 0.1) is 0 Å². The fourth-order valence-corrected chi connectivity index (χ4v) is 6.06. The van der Waals surface area contributed by atoms with Crippen molar-refractivity contribution in [2.75, 3.05) is 20.3 Å². The van der Waals surface area contributed by atoms with Gasteiger partial charge in [0.2, 0.25) is 0 Å². The van der Waals surface area contributed by atoms with Gasteiger partial charge < -0.3 is 0 Å². The number of aliphatic hydroxyl groups excluding tert-OH is 1. The molecule has 0 aliphatic carbocycles. The van der Waals surface area contributed by atoms with Crippen LogP contribution in [0.5, 0.6) is 0 Å². The summed E-state index contributed by atoms with van der Waals surface area (Å²) >= 11 is 0.395. The van der Waals surface area contributed by atoms with Crippen molar-refractivity contribution in [2.45, 2.75) is 47.5 Å². The summed E-state index contributed by atoms with van der Waals surface area (Å²) in [5.41, 5.74) is 0.00928. The Hall–Kier alpha value is 0.399. The van der Waals surface area contributed by atoms with Crippen LogP contribution >= 0.6 is 0 Å². The van der Waals surface area contributed by atoms with Gasteiger partial charge in [0.25, 0.3) is 0 Å². The Kier molecular flexibility index (Phi) is 3.17. The molecule has 0 aromatic rings. The van der Waals surface area contributed by atoms with Gasteiger partial charge in [-0.1, -0.05) is 0 Å². The predicted octanol–water partition coefficient (Wildman–Crippen LogP) is 1.25. The average Bonchev–Trinajstić information content (AvgIpc) is 2.58. The van der Waals surface area contributed by atoms with Crippen LogP contribution in [0, 0.1) is 0 Å². The molecule has 1 N–H and O–H groups in total. The van der Waals surface area contributed by atoms with Gasteiger partial charge in [-0.2, -0.15) is 0 Å². The normalized spacial score (nSPS) is 49.6. The second-order valence-corrected chi connectivity index (χ2v) is 8.64. The van der Waals surface area contributed by atoms with Crippen molar-refractivity contribution in [1.29, 1.82) is 0 Å². The standard InChI is InChI=1S/C11H20O3Se/c1-10-5-4-8(14-10)11(2,7-12)15-9(10)6-13-3/h8-9,12H,4-7H2,1-3H3/t8-,9+,10+,11+/m1/s1. The number of ether oxygens (including phenoxy) is 2. The summed E-state index contributed by atoms with van der Waals surface area (Å²) in [5.74, 6) is 0. The van der Waals surface area contributed by atoms with E-state index in [-0.39, 0.29) is 22.6 Å². The first-order valence-corrected chi connectivity index (χ1v) is 7.34. The number of hydrogen-bond acceptors (Lipinski definition) is 3. The van der Waals surface area contributed by atoms with Crippen LogP contribution in [-0.2, 0) is 9.47 Å². The third-order valence-corrected chi connectivity index (χ3v) is 7.60. The Morgan fingerprint density at radius 2 is 2.27 bits per heavy atom. The van der Waals surface area contributed by atoms with Gasteiger partial charge in [-0.15, -0.1) is 0 Å². The minimum atomic E-state index is -0.00773. The summed E-state index contributed by atoms with van der Waals surface area (Å²) in [5, 5.41) is 9.54. The molecule has 2 fully saturated rings. The minimum absolute atomic E-state index is 0.00773. The monoisotopic (exact) mass is 280 g/mol. The van der Waals surface area contributed by atoms with Crippen molar-refractivity contribution < 1.29 is 14.6 Å². The summed E-state index contributed by atoms with van der Waals surface area (Å²) in [6.07, 6.45) is 2.47. The van der Waals surface area contributed by atoms with Gasteiger partial charge in [-0.05, 0) is 0 Å². The third kappa shape index (κ3) is 1.87. The van der Waals surface area contributed by atoms with Crippen molar-refractivity contribution >= 4 is 15.0 Å². The molecular formula is C11H20O3Se. The van der Waals surface area contributed by atoms with Crippen LogP contribution in [0.2, 0.25) is 9.13 Å². The Labute approximate surface area is 97.7 Å². The molecule has 2 bridgehead atoms. The molecular weight excluding hydrogens is 259 g/mol. The third-order valence-electron chi connectivity index (χ3n) is 3.72. The van der Waals surface area contributed by atoms with Crippen LogP contribution in [0.4, 0.5) is 0 Å². The number of rotatable bonds is 3. The molecule has 4 heteroatoms. The van der Waals surface area contributed by atoms with Crippen LogP contribution < -0.4 is 0 Å². The summed E-state index contributed by atoms with van der Waals surface area (Å²) in [6, 6.07) is 0. The molecule has 2 rings (SSSR count). The molecule has 0 aromatic heterocycles. The molecule has 2 heterocycles. The van der Waals surface area contributed by atoms with E-state index in [4.69, 9.17) is 9.47 Å². The van der Waals surface area contributed by atoms with Crippen LogP contribution in [0.3, 0.4) is 0 Å². The molecule has 88 valence electrons. The number of hydrogen-bond donors (Lipinski definition) is 1. The van der Waals surface area contributed by atoms with Gasteiger partial charge in [-0.25, -0.2) is 0 Å². The Morgan fingerprint density at radius 3 is 2.87 bits per heavy atom. The maximum atomic E-state index is 9.54. The van der Waals surface area contributed by atoms with Crippen LogP contribution in [0.15, 0.2) is 0 Å². The molecule has 0 amide bonds. The van der Waals surface area contributed by atoms with Crippen molar-refractivity contribution in [3.8, 4) is 0 Å². The first-order valence-electron chi connectivity index (χ1n) is 5.49. The first kappa shape index (κ1) is 11.9. The van der Waals surface area contributed by atoms with Gasteiger partial charge in [0.1, 0.15) is 0 Å². The Balaban J connectivity index is 2.18. The molecule has 0 radical (unpaired) electrons.